The SMILES string of the molecule is CCc1nc(C(N)=O)c(Nc2ccc(C3CCN(C(=O)OC(C)(C)C)CC3)c(C(F)(F)F)c2)nc1NC1CCC(O)CC1. The van der Waals surface area contributed by atoms with Crippen LogP contribution in [0.3, 0.4) is 0 Å². The molecular formula is C30H41F3N6O4. The highest BCUT2D eigenvalue weighted by atomic mass is 19.4. The smallest absolute Gasteiger partial charge is 0.416 e. The lowest BCUT2D eigenvalue weighted by atomic mass is 9.86. The lowest BCUT2D eigenvalue weighted by Crippen LogP contribution is -2.41. The van der Waals surface area contributed by atoms with Crippen LogP contribution in [0, 0.1) is 0 Å². The minimum absolute atomic E-state index is 0.0353. The summed E-state index contributed by atoms with van der Waals surface area (Å²) in [7, 11) is 0. The van der Waals surface area contributed by atoms with Crippen LogP contribution < -0.4 is 16.4 Å². The zero-order chi connectivity index (χ0) is 31.5. The van der Waals surface area contributed by atoms with Gasteiger partial charge in [-0.3, -0.25) is 4.79 Å². The number of aromatic nitrogens is 2. The molecule has 1 aliphatic heterocycles. The van der Waals surface area contributed by atoms with Crippen LogP contribution in [0.2, 0.25) is 0 Å². The average Bonchev–Trinajstić information content (AvgIpc) is 2.93. The van der Waals surface area contributed by atoms with Gasteiger partial charge in [-0.05, 0) is 89.3 Å². The summed E-state index contributed by atoms with van der Waals surface area (Å²) < 4.78 is 48.4. The molecular weight excluding hydrogens is 565 g/mol. The topological polar surface area (TPSA) is 143 Å². The molecule has 2 aromatic rings. The molecule has 2 aliphatic rings. The molecule has 1 saturated heterocycles. The number of alkyl halides is 3. The third-order valence-electron chi connectivity index (χ3n) is 7.78. The Hall–Kier alpha value is -3.61. The van der Waals surface area contributed by atoms with Gasteiger partial charge in [0.15, 0.2) is 11.5 Å². The van der Waals surface area contributed by atoms with Gasteiger partial charge in [0.05, 0.1) is 17.4 Å². The summed E-state index contributed by atoms with van der Waals surface area (Å²) in [5.74, 6) is -0.893. The number of carbonyl (C=O) groups excluding carboxylic acids is 2. The van der Waals surface area contributed by atoms with Crippen molar-refractivity contribution in [2.24, 2.45) is 5.73 Å². The molecule has 13 heteroatoms. The Kier molecular flexibility index (Phi) is 9.73. The fraction of sp³-hybridized carbons (Fsp3) is 0.600. The number of aliphatic hydroxyl groups excluding tert-OH is 1. The van der Waals surface area contributed by atoms with Crippen LogP contribution in [0.15, 0.2) is 18.2 Å². The van der Waals surface area contributed by atoms with E-state index in [1.807, 2.05) is 6.92 Å². The second kappa shape index (κ2) is 12.9. The number of hydrogen-bond acceptors (Lipinski definition) is 8. The van der Waals surface area contributed by atoms with Gasteiger partial charge in [-0.15, -0.1) is 0 Å². The van der Waals surface area contributed by atoms with Crippen molar-refractivity contribution in [2.45, 2.75) is 102 Å². The fourth-order valence-electron chi connectivity index (χ4n) is 5.58. The van der Waals surface area contributed by atoms with Crippen molar-refractivity contribution >= 4 is 29.3 Å². The molecule has 2 amide bonds. The Morgan fingerprint density at radius 3 is 2.26 bits per heavy atom. The summed E-state index contributed by atoms with van der Waals surface area (Å²) in [6.07, 6.45) is -1.56. The summed E-state index contributed by atoms with van der Waals surface area (Å²) in [5.41, 5.74) is 4.68. The molecule has 10 nitrogen and oxygen atoms in total. The number of nitrogens with one attached hydrogen (secondary N) is 2. The molecule has 1 aliphatic carbocycles. The first-order chi connectivity index (χ1) is 20.1. The molecule has 236 valence electrons. The number of carbonyl (C=O) groups is 2. The molecule has 0 atom stereocenters. The summed E-state index contributed by atoms with van der Waals surface area (Å²) in [5, 5.41) is 16.0. The van der Waals surface area contributed by atoms with Crippen LogP contribution in [0.5, 0.6) is 0 Å². The molecule has 0 unspecified atom stereocenters. The number of anilines is 3. The number of rotatable bonds is 7. The number of nitrogens with two attached hydrogens (primary N) is 1. The molecule has 1 saturated carbocycles. The zero-order valence-corrected chi connectivity index (χ0v) is 25.1. The van der Waals surface area contributed by atoms with Gasteiger partial charge in [0.1, 0.15) is 11.4 Å². The second-order valence-corrected chi connectivity index (χ2v) is 12.3. The van der Waals surface area contributed by atoms with E-state index in [-0.39, 0.29) is 48.0 Å². The standard InChI is InChI=1S/C30H41F3N6O4/c1-5-23-26(35-18-6-9-20(40)10-7-18)38-27(24(37-23)25(34)41)36-19-8-11-21(22(16-19)30(31,32)33)17-12-14-39(15-13-17)28(42)43-29(2,3)4/h8,11,16-18,20,40H,5-7,9-10,12-15H2,1-4H3,(H2,34,41)(H2,35,36,38). The number of hydrogen-bond donors (Lipinski definition) is 4. The van der Waals surface area contributed by atoms with E-state index in [2.05, 4.69) is 20.6 Å². The lowest BCUT2D eigenvalue weighted by Gasteiger charge is -2.34. The van der Waals surface area contributed by atoms with Gasteiger partial charge in [-0.2, -0.15) is 13.2 Å². The highest BCUT2D eigenvalue weighted by Gasteiger charge is 2.37. The van der Waals surface area contributed by atoms with E-state index in [0.29, 0.717) is 43.6 Å². The van der Waals surface area contributed by atoms with Crippen molar-refractivity contribution in [1.82, 2.24) is 14.9 Å². The van der Waals surface area contributed by atoms with Crippen molar-refractivity contribution in [1.29, 1.82) is 0 Å². The number of halogens is 3. The molecule has 5 N–H and O–H groups in total. The van der Waals surface area contributed by atoms with E-state index in [0.717, 1.165) is 18.9 Å². The first-order valence-electron chi connectivity index (χ1n) is 14.8. The normalized spacial score (nSPS) is 20.0. The van der Waals surface area contributed by atoms with Gasteiger partial charge < -0.3 is 31.1 Å². The quantitative estimate of drug-likeness (QED) is 0.313. The fourth-order valence-corrected chi connectivity index (χ4v) is 5.58. The number of primary amides is 1. The molecule has 43 heavy (non-hydrogen) atoms. The van der Waals surface area contributed by atoms with Crippen LogP contribution in [0.25, 0.3) is 0 Å². The van der Waals surface area contributed by atoms with Crippen molar-refractivity contribution in [2.75, 3.05) is 23.7 Å². The average molecular weight is 607 g/mol. The monoisotopic (exact) mass is 606 g/mol. The maximum atomic E-state index is 14.3. The summed E-state index contributed by atoms with van der Waals surface area (Å²) in [6, 6.07) is 3.99. The Labute approximate surface area is 249 Å². The molecule has 1 aromatic heterocycles. The molecule has 2 fully saturated rings. The number of aliphatic hydroxyl groups is 1. The third-order valence-corrected chi connectivity index (χ3v) is 7.78. The van der Waals surface area contributed by atoms with Crippen molar-refractivity contribution < 1.29 is 32.6 Å². The Morgan fingerprint density at radius 2 is 1.70 bits per heavy atom. The minimum atomic E-state index is -4.64. The number of benzene rings is 1. The summed E-state index contributed by atoms with van der Waals surface area (Å²) in [6.45, 7) is 7.71. The number of amides is 2. The van der Waals surface area contributed by atoms with Gasteiger partial charge in [-0.25, -0.2) is 14.8 Å². The van der Waals surface area contributed by atoms with Crippen LogP contribution in [-0.4, -0.2) is 62.8 Å². The molecule has 0 spiro atoms. The van der Waals surface area contributed by atoms with Crippen LogP contribution in [0.4, 0.5) is 35.3 Å². The van der Waals surface area contributed by atoms with Gasteiger partial charge in [0.25, 0.3) is 5.91 Å². The molecule has 0 bridgehead atoms. The van der Waals surface area contributed by atoms with Crippen LogP contribution in [0.1, 0.15) is 99.4 Å². The number of nitrogens with zero attached hydrogens (tertiary/aromatic N) is 3. The summed E-state index contributed by atoms with van der Waals surface area (Å²) >= 11 is 0. The predicted molar refractivity (Wildman–Crippen MR) is 156 cm³/mol. The second-order valence-electron chi connectivity index (χ2n) is 12.3. The number of aryl methyl sites for hydroxylation is 1. The zero-order valence-electron chi connectivity index (χ0n) is 25.1. The van der Waals surface area contributed by atoms with E-state index in [1.54, 1.807) is 20.8 Å². The maximum absolute atomic E-state index is 14.3. The van der Waals surface area contributed by atoms with Gasteiger partial charge in [0, 0.05) is 24.8 Å². The molecule has 1 aromatic carbocycles. The van der Waals surface area contributed by atoms with Crippen LogP contribution in [-0.2, 0) is 17.3 Å². The lowest BCUT2D eigenvalue weighted by molar-refractivity contribution is -0.138. The Morgan fingerprint density at radius 1 is 1.05 bits per heavy atom. The number of ether oxygens (including phenoxy) is 1. The molecule has 0 radical (unpaired) electrons. The van der Waals surface area contributed by atoms with Crippen molar-refractivity contribution in [3.8, 4) is 0 Å². The van der Waals surface area contributed by atoms with E-state index in [1.165, 1.54) is 17.0 Å². The highest BCUT2D eigenvalue weighted by molar-refractivity contribution is 5.96. The van der Waals surface area contributed by atoms with Gasteiger partial charge in [0.2, 0.25) is 0 Å². The largest absolute Gasteiger partial charge is 0.444 e. The minimum Gasteiger partial charge on any atom is -0.444 e. The third kappa shape index (κ3) is 8.27. The first kappa shape index (κ1) is 32.3. The maximum Gasteiger partial charge on any atom is 0.416 e. The first-order valence-corrected chi connectivity index (χ1v) is 14.8. The van der Waals surface area contributed by atoms with Crippen molar-refractivity contribution in [3.63, 3.8) is 0 Å². The van der Waals surface area contributed by atoms with Crippen LogP contribution >= 0.6 is 0 Å². The van der Waals surface area contributed by atoms with E-state index in [4.69, 9.17) is 10.5 Å². The number of piperidine rings is 1. The van der Waals surface area contributed by atoms with E-state index >= 15 is 0 Å². The molecule has 4 rings (SSSR count). The Balaban J connectivity index is 1.58. The number of likely N-dealkylation sites (tertiary alicyclic amines) is 1. The van der Waals surface area contributed by atoms with Gasteiger partial charge in [-0.1, -0.05) is 13.0 Å². The predicted octanol–water partition coefficient (Wildman–Crippen LogP) is 5.73. The van der Waals surface area contributed by atoms with Gasteiger partial charge >= 0.3 is 12.3 Å². The van der Waals surface area contributed by atoms with E-state index in [9.17, 15) is 27.9 Å². The highest BCUT2D eigenvalue weighted by Crippen LogP contribution is 2.41. The Bertz CT molecular complexity index is 1310. The molecule has 2 heterocycles. The van der Waals surface area contributed by atoms with E-state index < -0.39 is 35.3 Å². The van der Waals surface area contributed by atoms with Crippen molar-refractivity contribution in [3.05, 3.63) is 40.7 Å². The summed E-state index contributed by atoms with van der Waals surface area (Å²) in [4.78, 5) is 35.2.